The highest BCUT2D eigenvalue weighted by atomic mass is 35.5. The van der Waals surface area contributed by atoms with Crippen LogP contribution in [-0.2, 0) is 10.0 Å². The highest BCUT2D eigenvalue weighted by molar-refractivity contribution is 7.89. The molecule has 0 aromatic carbocycles. The van der Waals surface area contributed by atoms with Gasteiger partial charge in [0.05, 0.1) is 0 Å². The molecule has 114 valence electrons. The maximum atomic E-state index is 12.9. The number of rotatable bonds is 2. The van der Waals surface area contributed by atoms with Gasteiger partial charge < -0.3 is 4.90 Å². The molecule has 0 spiro atoms. The fraction of sp³-hybridized carbons (Fsp3) is 0.583. The predicted octanol–water partition coefficient (Wildman–Crippen LogP) is 1.37. The van der Waals surface area contributed by atoms with Gasteiger partial charge in [-0.2, -0.15) is 4.31 Å². The molecular formula is C12H15ClN4O2S2. The van der Waals surface area contributed by atoms with Crippen LogP contribution in [0.15, 0.2) is 16.6 Å². The Balaban J connectivity index is 1.74. The second-order valence-electron chi connectivity index (χ2n) is 5.68. The Bertz CT molecular complexity index is 799. The van der Waals surface area contributed by atoms with Crippen molar-refractivity contribution in [1.82, 2.24) is 18.6 Å². The van der Waals surface area contributed by atoms with E-state index in [1.54, 1.807) is 14.9 Å². The number of aromatic nitrogens is 2. The van der Waals surface area contributed by atoms with E-state index >= 15 is 0 Å². The van der Waals surface area contributed by atoms with Crippen LogP contribution in [0, 0.1) is 5.92 Å². The average molecular weight is 347 g/mol. The second-order valence-corrected chi connectivity index (χ2v) is 8.77. The molecule has 4 rings (SSSR count). The normalized spacial score (nSPS) is 27.7. The van der Waals surface area contributed by atoms with Crippen LogP contribution in [-0.4, -0.2) is 59.7 Å². The first-order valence-corrected chi connectivity index (χ1v) is 9.49. The lowest BCUT2D eigenvalue weighted by molar-refractivity contribution is 0.297. The molecule has 0 bridgehead atoms. The zero-order valence-electron chi connectivity index (χ0n) is 11.4. The van der Waals surface area contributed by atoms with Crippen LogP contribution in [0.25, 0.3) is 4.96 Å². The standard InChI is InChI=1S/C12H15ClN4O2S2/c1-15-3-2-8-6-16(7-9(8)15)21(18,19)11-10(13)14-12-17(11)4-5-20-12/h4-5,8-9H,2-3,6-7H2,1H3/t8-,9+/m0/s1. The fourth-order valence-electron chi connectivity index (χ4n) is 3.42. The van der Waals surface area contributed by atoms with Gasteiger partial charge in [-0.3, -0.25) is 4.40 Å². The topological polar surface area (TPSA) is 57.9 Å². The molecule has 2 aromatic heterocycles. The van der Waals surface area contributed by atoms with Gasteiger partial charge in [0.1, 0.15) is 0 Å². The summed E-state index contributed by atoms with van der Waals surface area (Å²) in [5, 5.41) is 1.97. The molecule has 2 aliphatic heterocycles. The molecule has 2 atom stereocenters. The number of hydrogen-bond donors (Lipinski definition) is 0. The number of likely N-dealkylation sites (N-methyl/N-ethyl adjacent to an activating group) is 1. The van der Waals surface area contributed by atoms with E-state index < -0.39 is 10.0 Å². The Morgan fingerprint density at radius 1 is 1.43 bits per heavy atom. The third kappa shape index (κ3) is 1.97. The van der Waals surface area contributed by atoms with Crippen molar-refractivity contribution in [3.63, 3.8) is 0 Å². The fourth-order valence-corrected chi connectivity index (χ4v) is 6.34. The minimum atomic E-state index is -3.61. The Kier molecular flexibility index (Phi) is 3.10. The lowest BCUT2D eigenvalue weighted by atomic mass is 10.1. The minimum Gasteiger partial charge on any atom is -0.302 e. The summed E-state index contributed by atoms with van der Waals surface area (Å²) in [6.45, 7) is 2.16. The van der Waals surface area contributed by atoms with Gasteiger partial charge in [-0.05, 0) is 25.9 Å². The van der Waals surface area contributed by atoms with E-state index in [1.165, 1.54) is 11.3 Å². The highest BCUT2D eigenvalue weighted by Gasteiger charge is 2.45. The van der Waals surface area contributed by atoms with Crippen molar-refractivity contribution in [2.24, 2.45) is 5.92 Å². The van der Waals surface area contributed by atoms with Crippen LogP contribution < -0.4 is 0 Å². The summed E-state index contributed by atoms with van der Waals surface area (Å²) in [5.74, 6) is 0.425. The largest absolute Gasteiger partial charge is 0.302 e. The van der Waals surface area contributed by atoms with E-state index in [2.05, 4.69) is 16.9 Å². The molecule has 2 saturated heterocycles. The third-order valence-corrected chi connectivity index (χ3v) is 7.54. The average Bonchev–Trinajstić information content (AvgIpc) is 3.10. The zero-order chi connectivity index (χ0) is 14.8. The number of halogens is 1. The number of thiazole rings is 1. The summed E-state index contributed by atoms with van der Waals surface area (Å²) in [7, 11) is -1.55. The lowest BCUT2D eigenvalue weighted by Crippen LogP contribution is -2.35. The number of nitrogens with zero attached hydrogens (tertiary/aromatic N) is 4. The molecule has 0 aliphatic carbocycles. The van der Waals surface area contributed by atoms with E-state index in [-0.39, 0.29) is 10.2 Å². The van der Waals surface area contributed by atoms with Crippen molar-refractivity contribution >= 4 is 37.9 Å². The number of fused-ring (bicyclic) bond motifs is 2. The molecule has 0 N–H and O–H groups in total. The minimum absolute atomic E-state index is 0.0623. The van der Waals surface area contributed by atoms with E-state index in [1.807, 2.05) is 5.38 Å². The number of likely N-dealkylation sites (tertiary alicyclic amines) is 1. The van der Waals surface area contributed by atoms with Gasteiger partial charge in [-0.15, -0.1) is 11.3 Å². The quantitative estimate of drug-likeness (QED) is 0.824. The Morgan fingerprint density at radius 3 is 3.00 bits per heavy atom. The first-order chi connectivity index (χ1) is 9.98. The van der Waals surface area contributed by atoms with Gasteiger partial charge in [0.2, 0.25) is 0 Å². The van der Waals surface area contributed by atoms with E-state index in [4.69, 9.17) is 11.6 Å². The first-order valence-electron chi connectivity index (χ1n) is 6.80. The Hall–Kier alpha value is -0.670. The summed E-state index contributed by atoms with van der Waals surface area (Å²) in [4.78, 5) is 6.98. The van der Waals surface area contributed by atoms with E-state index in [0.717, 1.165) is 13.0 Å². The van der Waals surface area contributed by atoms with Crippen molar-refractivity contribution in [2.45, 2.75) is 17.5 Å². The van der Waals surface area contributed by atoms with Crippen molar-refractivity contribution in [3.05, 3.63) is 16.7 Å². The molecule has 0 amide bonds. The molecule has 0 unspecified atom stereocenters. The Morgan fingerprint density at radius 2 is 2.24 bits per heavy atom. The molecule has 2 aliphatic rings. The molecule has 0 radical (unpaired) electrons. The lowest BCUT2D eigenvalue weighted by Gasteiger charge is -2.20. The van der Waals surface area contributed by atoms with Crippen LogP contribution in [0.1, 0.15) is 6.42 Å². The van der Waals surface area contributed by atoms with Crippen LogP contribution in [0.4, 0.5) is 0 Å². The molecule has 4 heterocycles. The molecule has 2 fully saturated rings. The molecule has 0 saturated carbocycles. The van der Waals surface area contributed by atoms with Gasteiger partial charge in [0.25, 0.3) is 10.0 Å². The monoisotopic (exact) mass is 346 g/mol. The molecule has 2 aromatic rings. The summed E-state index contributed by atoms with van der Waals surface area (Å²) in [6, 6.07) is 0.324. The highest BCUT2D eigenvalue weighted by Crippen LogP contribution is 2.35. The SMILES string of the molecule is CN1CC[C@H]2CN(S(=O)(=O)c3c(Cl)nc4sccn34)C[C@H]21. The summed E-state index contributed by atoms with van der Waals surface area (Å²) in [6.07, 6.45) is 2.76. The van der Waals surface area contributed by atoms with Crippen molar-refractivity contribution in [2.75, 3.05) is 26.7 Å². The maximum Gasteiger partial charge on any atom is 0.262 e. The van der Waals surface area contributed by atoms with Crippen molar-refractivity contribution in [1.29, 1.82) is 0 Å². The van der Waals surface area contributed by atoms with Gasteiger partial charge in [-0.1, -0.05) is 11.6 Å². The van der Waals surface area contributed by atoms with Crippen molar-refractivity contribution < 1.29 is 8.42 Å². The van der Waals surface area contributed by atoms with Gasteiger partial charge in [0, 0.05) is 30.7 Å². The summed E-state index contributed by atoms with van der Waals surface area (Å²) < 4.78 is 29.0. The third-order valence-electron chi connectivity index (χ3n) is 4.55. The van der Waals surface area contributed by atoms with Gasteiger partial charge >= 0.3 is 0 Å². The van der Waals surface area contributed by atoms with Gasteiger partial charge in [0.15, 0.2) is 15.1 Å². The molecule has 6 nitrogen and oxygen atoms in total. The smallest absolute Gasteiger partial charge is 0.262 e. The van der Waals surface area contributed by atoms with E-state index in [9.17, 15) is 8.42 Å². The first kappa shape index (κ1) is 14.0. The van der Waals surface area contributed by atoms with Crippen LogP contribution in [0.5, 0.6) is 0 Å². The van der Waals surface area contributed by atoms with E-state index in [0.29, 0.717) is 30.0 Å². The molecule has 21 heavy (non-hydrogen) atoms. The van der Waals surface area contributed by atoms with Gasteiger partial charge in [-0.25, -0.2) is 13.4 Å². The summed E-state index contributed by atoms with van der Waals surface area (Å²) in [5.41, 5.74) is 0. The molecular weight excluding hydrogens is 332 g/mol. The van der Waals surface area contributed by atoms with Crippen LogP contribution >= 0.6 is 22.9 Å². The second kappa shape index (κ2) is 4.66. The summed E-state index contributed by atoms with van der Waals surface area (Å²) >= 11 is 7.45. The number of imidazole rings is 1. The van der Waals surface area contributed by atoms with Crippen molar-refractivity contribution in [3.8, 4) is 0 Å². The predicted molar refractivity (Wildman–Crippen MR) is 81.4 cm³/mol. The van der Waals surface area contributed by atoms with Crippen LogP contribution in [0.3, 0.4) is 0 Å². The zero-order valence-corrected chi connectivity index (χ0v) is 13.8. The Labute approximate surface area is 132 Å². The maximum absolute atomic E-state index is 12.9. The van der Waals surface area contributed by atoms with Crippen LogP contribution in [0.2, 0.25) is 5.15 Å². The number of sulfonamides is 1. The number of hydrogen-bond acceptors (Lipinski definition) is 5. The molecule has 9 heteroatoms.